The van der Waals surface area contributed by atoms with Gasteiger partial charge in [-0.25, -0.2) is 0 Å². The van der Waals surface area contributed by atoms with Crippen molar-refractivity contribution in [3.05, 3.63) is 0 Å². The maximum atomic E-state index is 12.0. The zero-order valence-electron chi connectivity index (χ0n) is 13.1. The van der Waals surface area contributed by atoms with Crippen LogP contribution in [0.25, 0.3) is 0 Å². The zero-order chi connectivity index (χ0) is 14.6. The number of ether oxygens (including phenoxy) is 2. The van der Waals surface area contributed by atoms with Crippen molar-refractivity contribution in [2.75, 3.05) is 13.7 Å². The average molecular weight is 283 g/mol. The first-order valence-electron chi connectivity index (χ1n) is 8.01. The van der Waals surface area contributed by atoms with Crippen molar-refractivity contribution >= 4 is 5.97 Å². The van der Waals surface area contributed by atoms with Crippen molar-refractivity contribution in [1.82, 2.24) is 5.32 Å². The number of carbonyl (C=O) groups excluding carboxylic acids is 1. The molecule has 0 aromatic carbocycles. The van der Waals surface area contributed by atoms with E-state index in [1.165, 1.54) is 20.0 Å². The lowest BCUT2D eigenvalue weighted by molar-refractivity contribution is -0.149. The largest absolute Gasteiger partial charge is 0.468 e. The first-order valence-corrected chi connectivity index (χ1v) is 8.01. The second-order valence-corrected chi connectivity index (χ2v) is 6.74. The smallest absolute Gasteiger partial charge is 0.325 e. The van der Waals surface area contributed by atoms with Crippen molar-refractivity contribution in [2.45, 2.75) is 76.5 Å². The molecular formula is C16H29NO3. The minimum atomic E-state index is -0.599. The summed E-state index contributed by atoms with van der Waals surface area (Å²) in [5.41, 5.74) is -0.599. The minimum Gasteiger partial charge on any atom is -0.468 e. The number of nitrogens with one attached hydrogen (secondary N) is 1. The van der Waals surface area contributed by atoms with E-state index in [4.69, 9.17) is 9.47 Å². The quantitative estimate of drug-likeness (QED) is 0.730. The molecular weight excluding hydrogens is 254 g/mol. The van der Waals surface area contributed by atoms with E-state index in [-0.39, 0.29) is 5.97 Å². The van der Waals surface area contributed by atoms with E-state index in [2.05, 4.69) is 12.2 Å². The highest BCUT2D eigenvalue weighted by Gasteiger charge is 2.39. The van der Waals surface area contributed by atoms with E-state index in [1.807, 2.05) is 6.92 Å². The molecule has 1 atom stereocenters. The number of hydrogen-bond donors (Lipinski definition) is 1. The van der Waals surface area contributed by atoms with Crippen LogP contribution in [0.15, 0.2) is 0 Å². The molecule has 2 aliphatic carbocycles. The van der Waals surface area contributed by atoms with E-state index in [9.17, 15) is 4.79 Å². The molecule has 2 rings (SSSR count). The third-order valence-corrected chi connectivity index (χ3v) is 4.65. The van der Waals surface area contributed by atoms with Gasteiger partial charge in [-0.3, -0.25) is 10.1 Å². The van der Waals surface area contributed by atoms with Crippen LogP contribution in [-0.4, -0.2) is 37.4 Å². The van der Waals surface area contributed by atoms with Crippen LogP contribution in [0.4, 0.5) is 0 Å². The first-order chi connectivity index (χ1) is 9.53. The molecule has 2 aliphatic rings. The Bertz CT molecular complexity index is 322. The highest BCUT2D eigenvalue weighted by atomic mass is 16.5. The summed E-state index contributed by atoms with van der Waals surface area (Å²) in [7, 11) is 1.46. The lowest BCUT2D eigenvalue weighted by Crippen LogP contribution is -2.52. The summed E-state index contributed by atoms with van der Waals surface area (Å²) in [4.78, 5) is 12.0. The Balaban J connectivity index is 1.75. The Morgan fingerprint density at radius 3 is 2.40 bits per heavy atom. The van der Waals surface area contributed by atoms with Gasteiger partial charge in [-0.2, -0.15) is 0 Å². The normalized spacial score (nSPS) is 29.8. The highest BCUT2D eigenvalue weighted by Crippen LogP contribution is 2.27. The van der Waals surface area contributed by atoms with Gasteiger partial charge >= 0.3 is 5.97 Å². The Morgan fingerprint density at radius 1 is 1.20 bits per heavy atom. The van der Waals surface area contributed by atoms with E-state index in [0.29, 0.717) is 25.2 Å². The molecule has 1 N–H and O–H groups in total. The molecule has 2 saturated carbocycles. The Hall–Kier alpha value is -0.610. The van der Waals surface area contributed by atoms with Gasteiger partial charge in [0.05, 0.1) is 13.2 Å². The van der Waals surface area contributed by atoms with Crippen LogP contribution in [-0.2, 0) is 14.3 Å². The van der Waals surface area contributed by atoms with Crippen LogP contribution < -0.4 is 5.32 Å². The molecule has 116 valence electrons. The van der Waals surface area contributed by atoms with Gasteiger partial charge in [-0.15, -0.1) is 0 Å². The number of methoxy groups -OCH3 is 1. The van der Waals surface area contributed by atoms with Crippen molar-refractivity contribution in [3.8, 4) is 0 Å². The molecule has 0 aromatic heterocycles. The summed E-state index contributed by atoms with van der Waals surface area (Å²) in [6.45, 7) is 4.87. The van der Waals surface area contributed by atoms with Crippen molar-refractivity contribution in [2.24, 2.45) is 5.92 Å². The van der Waals surface area contributed by atoms with Gasteiger partial charge < -0.3 is 9.47 Å². The lowest BCUT2D eigenvalue weighted by Gasteiger charge is -2.30. The predicted molar refractivity (Wildman–Crippen MR) is 78.6 cm³/mol. The number of hydrogen-bond acceptors (Lipinski definition) is 4. The van der Waals surface area contributed by atoms with E-state index in [1.54, 1.807) is 0 Å². The summed E-state index contributed by atoms with van der Waals surface area (Å²) in [5, 5.41) is 3.41. The third kappa shape index (κ3) is 4.45. The lowest BCUT2D eigenvalue weighted by atomic mass is 9.89. The molecule has 4 heteroatoms. The molecule has 4 nitrogen and oxygen atoms in total. The van der Waals surface area contributed by atoms with Gasteiger partial charge in [0.25, 0.3) is 0 Å². The monoisotopic (exact) mass is 283 g/mol. The summed E-state index contributed by atoms with van der Waals surface area (Å²) >= 11 is 0. The fourth-order valence-electron chi connectivity index (χ4n) is 2.96. The van der Waals surface area contributed by atoms with Crippen LogP contribution in [0, 0.1) is 5.92 Å². The van der Waals surface area contributed by atoms with Gasteiger partial charge in [0, 0.05) is 12.6 Å². The van der Waals surface area contributed by atoms with Crippen LogP contribution >= 0.6 is 0 Å². The van der Waals surface area contributed by atoms with Crippen LogP contribution in [0.5, 0.6) is 0 Å². The van der Waals surface area contributed by atoms with Crippen molar-refractivity contribution in [1.29, 1.82) is 0 Å². The van der Waals surface area contributed by atoms with Crippen LogP contribution in [0.1, 0.15) is 58.8 Å². The summed E-state index contributed by atoms with van der Waals surface area (Å²) in [5.74, 6) is 0.664. The Kier molecular flexibility index (Phi) is 5.44. The number of esters is 1. The molecule has 20 heavy (non-hydrogen) atoms. The van der Waals surface area contributed by atoms with Crippen molar-refractivity contribution in [3.63, 3.8) is 0 Å². The summed E-state index contributed by atoms with van der Waals surface area (Å²) < 4.78 is 10.9. The predicted octanol–water partition coefficient (Wildman–Crippen LogP) is 2.66. The molecule has 0 aliphatic heterocycles. The van der Waals surface area contributed by atoms with Crippen molar-refractivity contribution < 1.29 is 14.3 Å². The molecule has 0 amide bonds. The molecule has 2 fully saturated rings. The van der Waals surface area contributed by atoms with Gasteiger partial charge in [0.15, 0.2) is 0 Å². The number of rotatable bonds is 7. The molecule has 0 aromatic rings. The third-order valence-electron chi connectivity index (χ3n) is 4.65. The molecule has 0 saturated heterocycles. The summed E-state index contributed by atoms with van der Waals surface area (Å²) in [6, 6.07) is 0.481. The maximum absolute atomic E-state index is 12.0. The first kappa shape index (κ1) is 15.8. The fourth-order valence-corrected chi connectivity index (χ4v) is 2.96. The maximum Gasteiger partial charge on any atom is 0.325 e. The summed E-state index contributed by atoms with van der Waals surface area (Å²) in [6.07, 6.45) is 8.23. The standard InChI is InChI=1S/C16H29NO3/c1-12-4-8-14(9-5-12)20-11-10-16(2,15(18)19-3)17-13-6-7-13/h12-14,17H,4-11H2,1-3H3. The number of carbonyl (C=O) groups is 1. The second kappa shape index (κ2) is 6.90. The van der Waals surface area contributed by atoms with E-state index >= 15 is 0 Å². The molecule has 0 radical (unpaired) electrons. The van der Waals surface area contributed by atoms with Gasteiger partial charge in [0.1, 0.15) is 5.54 Å². The van der Waals surface area contributed by atoms with Gasteiger partial charge in [0.2, 0.25) is 0 Å². The average Bonchev–Trinajstić information content (AvgIpc) is 3.24. The molecule has 1 unspecified atom stereocenters. The topological polar surface area (TPSA) is 47.6 Å². The van der Waals surface area contributed by atoms with E-state index < -0.39 is 5.54 Å². The SMILES string of the molecule is COC(=O)C(C)(CCOC1CCC(C)CC1)NC1CC1. The minimum absolute atomic E-state index is 0.176. The van der Waals surface area contributed by atoms with E-state index in [0.717, 1.165) is 31.6 Å². The molecule has 0 bridgehead atoms. The Morgan fingerprint density at radius 2 is 1.85 bits per heavy atom. The molecule has 0 spiro atoms. The zero-order valence-corrected chi connectivity index (χ0v) is 13.1. The van der Waals surface area contributed by atoms with Gasteiger partial charge in [-0.1, -0.05) is 6.92 Å². The fraction of sp³-hybridized carbons (Fsp3) is 0.938. The van der Waals surface area contributed by atoms with Crippen LogP contribution in [0.3, 0.4) is 0 Å². The van der Waals surface area contributed by atoms with Crippen LogP contribution in [0.2, 0.25) is 0 Å². The highest BCUT2D eigenvalue weighted by molar-refractivity contribution is 5.80. The Labute approximate surface area is 122 Å². The van der Waals surface area contributed by atoms with Gasteiger partial charge in [-0.05, 0) is 57.8 Å². The molecule has 0 heterocycles. The second-order valence-electron chi connectivity index (χ2n) is 6.74.